The van der Waals surface area contributed by atoms with Crippen molar-refractivity contribution < 1.29 is 4.79 Å². The molecule has 0 aromatic carbocycles. The van der Waals surface area contributed by atoms with Crippen molar-refractivity contribution in [1.29, 1.82) is 0 Å². The second-order valence-electron chi connectivity index (χ2n) is 6.56. The molecule has 1 fully saturated rings. The largest absolute Gasteiger partial charge is 0.349 e. The quantitative estimate of drug-likeness (QED) is 0.853. The monoisotopic (exact) mass is 336 g/mol. The van der Waals surface area contributed by atoms with E-state index in [0.717, 1.165) is 37.3 Å². The molecule has 0 radical (unpaired) electrons. The van der Waals surface area contributed by atoms with Gasteiger partial charge in [0.15, 0.2) is 0 Å². The third-order valence-electron chi connectivity index (χ3n) is 4.54. The Morgan fingerprint density at radius 2 is 2.24 bits per heavy atom. The summed E-state index contributed by atoms with van der Waals surface area (Å²) in [6, 6.07) is 10.0. The van der Waals surface area contributed by atoms with Crippen LogP contribution in [0.3, 0.4) is 0 Å². The summed E-state index contributed by atoms with van der Waals surface area (Å²) in [5.41, 5.74) is 2.02. The molecule has 0 bridgehead atoms. The van der Waals surface area contributed by atoms with Crippen LogP contribution in [0.1, 0.15) is 24.6 Å². The van der Waals surface area contributed by atoms with Crippen molar-refractivity contribution in [2.24, 2.45) is 5.92 Å². The fourth-order valence-electron chi connectivity index (χ4n) is 3.19. The van der Waals surface area contributed by atoms with Gasteiger partial charge in [0, 0.05) is 50.3 Å². The van der Waals surface area contributed by atoms with Gasteiger partial charge in [-0.2, -0.15) is 0 Å². The number of rotatable bonds is 5. The molecule has 25 heavy (non-hydrogen) atoms. The zero-order valence-corrected chi connectivity index (χ0v) is 14.5. The first-order chi connectivity index (χ1) is 12.2. The summed E-state index contributed by atoms with van der Waals surface area (Å²) < 4.78 is 0. The van der Waals surface area contributed by atoms with Crippen molar-refractivity contribution in [2.45, 2.75) is 25.9 Å². The lowest BCUT2D eigenvalue weighted by molar-refractivity contribution is -0.117. The first kappa shape index (κ1) is 17.3. The lowest BCUT2D eigenvalue weighted by atomic mass is 9.93. The minimum Gasteiger partial charge on any atom is -0.349 e. The van der Waals surface area contributed by atoms with E-state index in [1.54, 1.807) is 24.5 Å². The van der Waals surface area contributed by atoms with Gasteiger partial charge in [-0.15, -0.1) is 0 Å². The molecular weight excluding hydrogens is 312 g/mol. The van der Waals surface area contributed by atoms with Gasteiger partial charge in [0.25, 0.3) is 0 Å². The number of piperidine rings is 1. The molecule has 0 spiro atoms. The zero-order valence-electron chi connectivity index (χ0n) is 14.5. The minimum absolute atomic E-state index is 0.0427. The predicted octanol–water partition coefficient (Wildman–Crippen LogP) is 2.52. The van der Waals surface area contributed by atoms with E-state index >= 15 is 0 Å². The van der Waals surface area contributed by atoms with Gasteiger partial charge in [-0.3, -0.25) is 19.7 Å². The molecule has 3 rings (SSSR count). The van der Waals surface area contributed by atoms with E-state index in [2.05, 4.69) is 33.2 Å². The van der Waals surface area contributed by atoms with Crippen LogP contribution in [-0.4, -0.2) is 39.9 Å². The lowest BCUT2D eigenvalue weighted by Gasteiger charge is -2.37. The maximum atomic E-state index is 12.2. The van der Waals surface area contributed by atoms with E-state index in [9.17, 15) is 4.79 Å². The van der Waals surface area contributed by atoms with Gasteiger partial charge in [0.2, 0.25) is 5.91 Å². The predicted molar refractivity (Wildman–Crippen MR) is 98.5 cm³/mol. The van der Waals surface area contributed by atoms with Crippen LogP contribution in [0, 0.1) is 5.92 Å². The Morgan fingerprint density at radius 3 is 2.96 bits per heavy atom. The maximum absolute atomic E-state index is 12.2. The average Bonchev–Trinajstić information content (AvgIpc) is 2.64. The van der Waals surface area contributed by atoms with Gasteiger partial charge in [0.1, 0.15) is 0 Å². The van der Waals surface area contributed by atoms with Crippen molar-refractivity contribution in [3.63, 3.8) is 0 Å². The van der Waals surface area contributed by atoms with E-state index in [4.69, 9.17) is 0 Å². The molecule has 2 atom stereocenters. The topological polar surface area (TPSA) is 58.1 Å². The normalized spacial score (nSPS) is 21.3. The van der Waals surface area contributed by atoms with Crippen LogP contribution in [0.25, 0.3) is 6.08 Å². The second kappa shape index (κ2) is 8.53. The molecular formula is C20H24N4O. The standard InChI is InChI=1S/C20H24N4O/c1-16-14-24(15-18-6-2-3-11-22-18)12-9-19(16)23-20(25)8-7-17-5-4-10-21-13-17/h2-8,10-11,13,16,19H,9,12,14-15H2,1H3,(H,23,25)/b8-7-/t16-,19+/m1/s1. The molecule has 1 saturated heterocycles. The summed E-state index contributed by atoms with van der Waals surface area (Å²) in [5, 5.41) is 3.13. The molecule has 2 aromatic heterocycles. The van der Waals surface area contributed by atoms with E-state index in [0.29, 0.717) is 5.92 Å². The SMILES string of the molecule is C[C@@H]1CN(Cc2ccccn2)CC[C@@H]1NC(=O)/C=C\c1cccnc1. The Bertz CT molecular complexity index is 702. The molecule has 0 unspecified atom stereocenters. The average molecular weight is 336 g/mol. The number of hydrogen-bond acceptors (Lipinski definition) is 4. The van der Waals surface area contributed by atoms with E-state index in [1.165, 1.54) is 0 Å². The van der Waals surface area contributed by atoms with Gasteiger partial charge in [-0.1, -0.05) is 19.1 Å². The number of nitrogens with zero attached hydrogens (tertiary/aromatic N) is 3. The van der Waals surface area contributed by atoms with Gasteiger partial charge in [-0.05, 0) is 42.2 Å². The zero-order chi connectivity index (χ0) is 17.5. The third-order valence-corrected chi connectivity index (χ3v) is 4.54. The third kappa shape index (κ3) is 5.22. The summed E-state index contributed by atoms with van der Waals surface area (Å²) in [6.07, 6.45) is 9.63. The number of carbonyl (C=O) groups is 1. The van der Waals surface area contributed by atoms with Gasteiger partial charge >= 0.3 is 0 Å². The number of nitrogens with one attached hydrogen (secondary N) is 1. The highest BCUT2D eigenvalue weighted by Crippen LogP contribution is 2.18. The van der Waals surface area contributed by atoms with Gasteiger partial charge < -0.3 is 5.32 Å². The van der Waals surface area contributed by atoms with Crippen molar-refractivity contribution >= 4 is 12.0 Å². The Kier molecular flexibility index (Phi) is 5.90. The number of hydrogen-bond donors (Lipinski definition) is 1. The lowest BCUT2D eigenvalue weighted by Crippen LogP contribution is -2.49. The highest BCUT2D eigenvalue weighted by atomic mass is 16.1. The number of pyridine rings is 2. The van der Waals surface area contributed by atoms with Gasteiger partial charge in [0.05, 0.1) is 5.69 Å². The molecule has 1 aliphatic heterocycles. The van der Waals surface area contributed by atoms with E-state index < -0.39 is 0 Å². The molecule has 0 saturated carbocycles. The fourth-order valence-corrected chi connectivity index (χ4v) is 3.19. The van der Waals surface area contributed by atoms with Crippen LogP contribution < -0.4 is 5.32 Å². The van der Waals surface area contributed by atoms with E-state index in [-0.39, 0.29) is 11.9 Å². The Morgan fingerprint density at radius 1 is 1.32 bits per heavy atom. The summed E-state index contributed by atoms with van der Waals surface area (Å²) in [4.78, 5) is 23.0. The Labute approximate surface area is 148 Å². The number of carbonyl (C=O) groups excluding carboxylic acids is 1. The van der Waals surface area contributed by atoms with Crippen molar-refractivity contribution in [1.82, 2.24) is 20.2 Å². The molecule has 5 nitrogen and oxygen atoms in total. The minimum atomic E-state index is -0.0427. The van der Waals surface area contributed by atoms with Gasteiger partial charge in [-0.25, -0.2) is 0 Å². The molecule has 2 aromatic rings. The maximum Gasteiger partial charge on any atom is 0.244 e. The highest BCUT2D eigenvalue weighted by Gasteiger charge is 2.26. The first-order valence-corrected chi connectivity index (χ1v) is 8.71. The molecule has 0 aliphatic carbocycles. The summed E-state index contributed by atoms with van der Waals surface area (Å²) in [7, 11) is 0. The van der Waals surface area contributed by atoms with Crippen LogP contribution in [0.4, 0.5) is 0 Å². The van der Waals surface area contributed by atoms with Crippen molar-refractivity contribution in [3.8, 4) is 0 Å². The van der Waals surface area contributed by atoms with Crippen LogP contribution >= 0.6 is 0 Å². The van der Waals surface area contributed by atoms with Crippen molar-refractivity contribution in [3.05, 3.63) is 66.3 Å². The van der Waals surface area contributed by atoms with Crippen LogP contribution in [-0.2, 0) is 11.3 Å². The first-order valence-electron chi connectivity index (χ1n) is 8.71. The molecule has 3 heterocycles. The fraction of sp³-hybridized carbons (Fsp3) is 0.350. The second-order valence-corrected chi connectivity index (χ2v) is 6.56. The summed E-state index contributed by atoms with van der Waals surface area (Å²) in [6.45, 7) is 5.00. The van der Waals surface area contributed by atoms with Crippen LogP contribution in [0.5, 0.6) is 0 Å². The molecule has 1 amide bonds. The molecule has 1 aliphatic rings. The van der Waals surface area contributed by atoms with Crippen molar-refractivity contribution in [2.75, 3.05) is 13.1 Å². The molecule has 5 heteroatoms. The molecule has 130 valence electrons. The van der Waals surface area contributed by atoms with E-state index in [1.807, 2.05) is 30.5 Å². The van der Waals surface area contributed by atoms with Crippen LogP contribution in [0.2, 0.25) is 0 Å². The summed E-state index contributed by atoms with van der Waals surface area (Å²) >= 11 is 0. The highest BCUT2D eigenvalue weighted by molar-refractivity contribution is 5.91. The number of aromatic nitrogens is 2. The number of amides is 1. The summed E-state index contributed by atoms with van der Waals surface area (Å²) in [5.74, 6) is 0.368. The molecule has 1 N–H and O–H groups in total. The smallest absolute Gasteiger partial charge is 0.244 e. The Balaban J connectivity index is 1.48. The Hall–Kier alpha value is -2.53. The van der Waals surface area contributed by atoms with Crippen LogP contribution in [0.15, 0.2) is 55.0 Å². The number of likely N-dealkylation sites (tertiary alicyclic amines) is 1.